The first-order valence-corrected chi connectivity index (χ1v) is 8.09. The van der Waals surface area contributed by atoms with Gasteiger partial charge in [-0.1, -0.05) is 54.6 Å². The third kappa shape index (κ3) is 4.32. The Morgan fingerprint density at radius 2 is 1.28 bits per heavy atom. The number of hydrogen-bond acceptors (Lipinski definition) is 4. The van der Waals surface area contributed by atoms with Crippen LogP contribution in [0.5, 0.6) is 5.75 Å². The Balaban J connectivity index is 0.000000157. The molecule has 0 bridgehead atoms. The van der Waals surface area contributed by atoms with Crippen LogP contribution in [0.3, 0.4) is 0 Å². The van der Waals surface area contributed by atoms with Crippen LogP contribution in [0.4, 0.5) is 11.4 Å². The molecule has 4 nitrogen and oxygen atoms in total. The van der Waals surface area contributed by atoms with Crippen LogP contribution in [0.1, 0.15) is 16.7 Å². The van der Waals surface area contributed by atoms with Gasteiger partial charge in [-0.05, 0) is 35.4 Å². The Hall–Kier alpha value is -3.40. The fourth-order valence-corrected chi connectivity index (χ4v) is 2.53. The monoisotopic (exact) mass is 331 g/mol. The van der Waals surface area contributed by atoms with Crippen LogP contribution in [0.15, 0.2) is 79.0 Å². The molecule has 0 saturated heterocycles. The lowest BCUT2D eigenvalue weighted by Crippen LogP contribution is -2.13. The number of para-hydroxylation sites is 3. The van der Waals surface area contributed by atoms with Crippen LogP contribution in [0.25, 0.3) is 6.08 Å². The molecular weight excluding hydrogens is 310 g/mol. The molecule has 3 aromatic rings. The fourth-order valence-electron chi connectivity index (χ4n) is 2.53. The van der Waals surface area contributed by atoms with Crippen molar-refractivity contribution in [1.82, 2.24) is 5.48 Å². The molecule has 0 unspecified atom stereocenters. The van der Waals surface area contributed by atoms with Crippen LogP contribution in [0.2, 0.25) is 0 Å². The van der Waals surface area contributed by atoms with Crippen molar-refractivity contribution in [1.29, 1.82) is 0 Å². The maximum Gasteiger partial charge on any atom is 0.162 e. The first-order chi connectivity index (χ1) is 12.2. The molecule has 1 aliphatic rings. The van der Waals surface area contributed by atoms with Gasteiger partial charge in [0.2, 0.25) is 0 Å². The Kier molecular flexibility index (Phi) is 5.22. The fraction of sp³-hybridized carbons (Fsp3) is 0.0476. The van der Waals surface area contributed by atoms with E-state index in [4.69, 9.17) is 16.3 Å². The summed E-state index contributed by atoms with van der Waals surface area (Å²) in [5.41, 5.74) is 19.4. The average molecular weight is 331 g/mol. The minimum Gasteiger partial charge on any atom is -0.398 e. The number of nitrogens with two attached hydrogens (primary N) is 2. The van der Waals surface area contributed by atoms with E-state index in [0.717, 1.165) is 40.2 Å². The SMILES string of the molecule is C1=Cc2ccccc2ON1.Nc1ccccc1Cc1ccccc1N. The highest BCUT2D eigenvalue weighted by atomic mass is 16.6. The lowest BCUT2D eigenvalue weighted by atomic mass is 10.0. The summed E-state index contributed by atoms with van der Waals surface area (Å²) in [6.45, 7) is 0. The van der Waals surface area contributed by atoms with E-state index in [1.54, 1.807) is 6.20 Å². The number of hydrogen-bond donors (Lipinski definition) is 3. The lowest BCUT2D eigenvalue weighted by Gasteiger charge is -2.11. The van der Waals surface area contributed by atoms with E-state index in [0.29, 0.717) is 0 Å². The zero-order chi connectivity index (χ0) is 17.5. The maximum atomic E-state index is 5.88. The predicted octanol–water partition coefficient (Wildman–Crippen LogP) is 4.00. The maximum absolute atomic E-state index is 5.88. The van der Waals surface area contributed by atoms with Crippen molar-refractivity contribution < 1.29 is 4.84 Å². The van der Waals surface area contributed by atoms with Gasteiger partial charge in [0.25, 0.3) is 0 Å². The number of fused-ring (bicyclic) bond motifs is 1. The van der Waals surface area contributed by atoms with Gasteiger partial charge in [0.1, 0.15) is 0 Å². The second-order valence-corrected chi connectivity index (χ2v) is 5.67. The van der Waals surface area contributed by atoms with Crippen LogP contribution < -0.4 is 21.8 Å². The van der Waals surface area contributed by atoms with E-state index in [-0.39, 0.29) is 0 Å². The molecule has 25 heavy (non-hydrogen) atoms. The third-order valence-corrected chi connectivity index (χ3v) is 3.91. The van der Waals surface area contributed by atoms with E-state index >= 15 is 0 Å². The molecule has 0 atom stereocenters. The summed E-state index contributed by atoms with van der Waals surface area (Å²) >= 11 is 0. The van der Waals surface area contributed by atoms with E-state index in [9.17, 15) is 0 Å². The van der Waals surface area contributed by atoms with Gasteiger partial charge in [-0.3, -0.25) is 0 Å². The number of nitrogen functional groups attached to an aromatic ring is 2. The minimum atomic E-state index is 0.791. The number of benzene rings is 3. The second-order valence-electron chi connectivity index (χ2n) is 5.67. The average Bonchev–Trinajstić information content (AvgIpc) is 2.66. The summed E-state index contributed by atoms with van der Waals surface area (Å²) in [6, 6.07) is 23.6. The molecule has 1 aliphatic heterocycles. The van der Waals surface area contributed by atoms with Crippen LogP contribution in [-0.2, 0) is 6.42 Å². The molecule has 126 valence electrons. The third-order valence-electron chi connectivity index (χ3n) is 3.91. The van der Waals surface area contributed by atoms with Gasteiger partial charge >= 0.3 is 0 Å². The summed E-state index contributed by atoms with van der Waals surface area (Å²) in [5.74, 6) is 0.880. The molecule has 4 heteroatoms. The molecule has 1 heterocycles. The van der Waals surface area contributed by atoms with Crippen molar-refractivity contribution in [2.24, 2.45) is 0 Å². The number of anilines is 2. The molecular formula is C21H21N3O. The van der Waals surface area contributed by atoms with Gasteiger partial charge in [-0.15, -0.1) is 0 Å². The summed E-state index contributed by atoms with van der Waals surface area (Å²) in [5, 5.41) is 0. The molecule has 0 aromatic heterocycles. The Morgan fingerprint density at radius 3 is 1.88 bits per heavy atom. The quantitative estimate of drug-likeness (QED) is 0.621. The Labute approximate surface area is 147 Å². The van der Waals surface area contributed by atoms with Crippen molar-refractivity contribution in [2.75, 3.05) is 11.5 Å². The lowest BCUT2D eigenvalue weighted by molar-refractivity contribution is 0.239. The number of nitrogens with one attached hydrogen (secondary N) is 1. The largest absolute Gasteiger partial charge is 0.398 e. The highest BCUT2D eigenvalue weighted by molar-refractivity contribution is 5.58. The van der Waals surface area contributed by atoms with E-state index in [1.165, 1.54) is 0 Å². The molecule has 0 radical (unpaired) electrons. The Morgan fingerprint density at radius 1 is 0.720 bits per heavy atom. The van der Waals surface area contributed by atoms with Crippen molar-refractivity contribution in [3.05, 3.63) is 95.7 Å². The van der Waals surface area contributed by atoms with Crippen molar-refractivity contribution in [2.45, 2.75) is 6.42 Å². The zero-order valence-corrected chi connectivity index (χ0v) is 13.9. The number of hydroxylamine groups is 1. The standard InChI is InChI=1S/C13H14N2.C8H7NO/c14-12-7-3-1-5-10(12)9-11-6-2-4-8-13(11)15;1-2-4-8-7(3-1)5-6-9-10-8/h1-8H,9,14-15H2;1-6,9H. The van der Waals surface area contributed by atoms with E-state index < -0.39 is 0 Å². The topological polar surface area (TPSA) is 73.3 Å². The highest BCUT2D eigenvalue weighted by Crippen LogP contribution is 2.20. The molecule has 3 aromatic carbocycles. The second kappa shape index (κ2) is 7.93. The van der Waals surface area contributed by atoms with Gasteiger partial charge in [-0.25, -0.2) is 5.48 Å². The van der Waals surface area contributed by atoms with Crippen LogP contribution in [-0.4, -0.2) is 0 Å². The molecule has 4 rings (SSSR count). The van der Waals surface area contributed by atoms with Gasteiger partial charge in [0.15, 0.2) is 5.75 Å². The predicted molar refractivity (Wildman–Crippen MR) is 104 cm³/mol. The molecule has 5 N–H and O–H groups in total. The van der Waals surface area contributed by atoms with Gasteiger partial charge < -0.3 is 16.3 Å². The molecule has 0 saturated carbocycles. The van der Waals surface area contributed by atoms with Crippen molar-refractivity contribution in [3.8, 4) is 5.75 Å². The summed E-state index contributed by atoms with van der Waals surface area (Å²) in [4.78, 5) is 5.09. The molecule has 0 aliphatic carbocycles. The first kappa shape index (κ1) is 16.5. The normalized spacial score (nSPS) is 11.4. The van der Waals surface area contributed by atoms with Crippen molar-refractivity contribution in [3.63, 3.8) is 0 Å². The van der Waals surface area contributed by atoms with E-state index in [1.807, 2.05) is 78.9 Å². The Bertz CT molecular complexity index is 831. The zero-order valence-electron chi connectivity index (χ0n) is 13.9. The van der Waals surface area contributed by atoms with Gasteiger partial charge in [0.05, 0.1) is 0 Å². The van der Waals surface area contributed by atoms with Crippen LogP contribution >= 0.6 is 0 Å². The number of rotatable bonds is 2. The molecule has 0 spiro atoms. The summed E-state index contributed by atoms with van der Waals surface area (Å²) in [6.07, 6.45) is 4.53. The van der Waals surface area contributed by atoms with Gasteiger partial charge in [-0.2, -0.15) is 0 Å². The van der Waals surface area contributed by atoms with E-state index in [2.05, 4.69) is 5.48 Å². The summed E-state index contributed by atoms with van der Waals surface area (Å²) < 4.78 is 0. The smallest absolute Gasteiger partial charge is 0.162 e. The molecule has 0 amide bonds. The first-order valence-electron chi connectivity index (χ1n) is 8.09. The van der Waals surface area contributed by atoms with Crippen molar-refractivity contribution >= 4 is 17.5 Å². The molecule has 0 fully saturated rings. The van der Waals surface area contributed by atoms with Gasteiger partial charge in [0, 0.05) is 29.6 Å². The van der Waals surface area contributed by atoms with Crippen LogP contribution in [0, 0.1) is 0 Å². The summed E-state index contributed by atoms with van der Waals surface area (Å²) in [7, 11) is 0. The minimum absolute atomic E-state index is 0.791. The highest BCUT2D eigenvalue weighted by Gasteiger charge is 2.02.